The van der Waals surface area contributed by atoms with Crippen LogP contribution in [0.3, 0.4) is 0 Å². The molecule has 7 heteroatoms. The third-order valence-electron chi connectivity index (χ3n) is 6.03. The summed E-state index contributed by atoms with van der Waals surface area (Å²) in [7, 11) is 0. The number of amides is 1. The number of likely N-dealkylation sites (tertiary alicyclic amines) is 1. The second kappa shape index (κ2) is 8.51. The average Bonchev–Trinajstić information content (AvgIpc) is 3.18. The van der Waals surface area contributed by atoms with Crippen LogP contribution in [0, 0.1) is 0 Å². The van der Waals surface area contributed by atoms with Crippen molar-refractivity contribution in [2.75, 3.05) is 19.6 Å². The van der Waals surface area contributed by atoms with E-state index >= 15 is 0 Å². The van der Waals surface area contributed by atoms with E-state index < -0.39 is 0 Å². The molecule has 0 radical (unpaired) electrons. The maximum absolute atomic E-state index is 12.8. The van der Waals surface area contributed by atoms with Gasteiger partial charge in [0.15, 0.2) is 0 Å². The van der Waals surface area contributed by atoms with Crippen LogP contribution in [-0.4, -0.2) is 45.2 Å². The van der Waals surface area contributed by atoms with Crippen molar-refractivity contribution in [1.29, 1.82) is 0 Å². The van der Waals surface area contributed by atoms with E-state index in [4.69, 9.17) is 0 Å². The maximum atomic E-state index is 12.8. The number of fused-ring (bicyclic) bond motifs is 2. The molecule has 6 nitrogen and oxygen atoms in total. The summed E-state index contributed by atoms with van der Waals surface area (Å²) in [6.45, 7) is 4.32. The van der Waals surface area contributed by atoms with Gasteiger partial charge in [0, 0.05) is 32.1 Å². The Labute approximate surface area is 176 Å². The molecule has 2 aliphatic rings. The first-order chi connectivity index (χ1) is 13.8. The molecule has 0 atom stereocenters. The minimum absolute atomic E-state index is 0. The van der Waals surface area contributed by atoms with Gasteiger partial charge < -0.3 is 14.8 Å². The number of hydrogen-bond donors (Lipinski definition) is 1. The van der Waals surface area contributed by atoms with Gasteiger partial charge in [0.1, 0.15) is 11.6 Å². The van der Waals surface area contributed by atoms with E-state index in [9.17, 15) is 4.79 Å². The number of nitrogens with one attached hydrogen (secondary N) is 1. The zero-order chi connectivity index (χ0) is 18.9. The highest BCUT2D eigenvalue weighted by Crippen LogP contribution is 2.28. The van der Waals surface area contributed by atoms with Crippen LogP contribution in [0.2, 0.25) is 0 Å². The normalized spacial score (nSPS) is 17.0. The quantitative estimate of drug-likeness (QED) is 0.719. The highest BCUT2D eigenvalue weighted by atomic mass is 35.5. The van der Waals surface area contributed by atoms with Gasteiger partial charge in [-0.15, -0.1) is 22.6 Å². The van der Waals surface area contributed by atoms with Crippen molar-refractivity contribution in [1.82, 2.24) is 25.0 Å². The van der Waals surface area contributed by atoms with Crippen molar-refractivity contribution in [2.45, 2.75) is 38.3 Å². The first-order valence-corrected chi connectivity index (χ1v) is 10.2. The summed E-state index contributed by atoms with van der Waals surface area (Å²) in [6, 6.07) is 14.6. The van der Waals surface area contributed by atoms with Gasteiger partial charge in [-0.2, -0.15) is 0 Å². The Morgan fingerprint density at radius 1 is 1.03 bits per heavy atom. The first-order valence-electron chi connectivity index (χ1n) is 10.2. The third kappa shape index (κ3) is 4.00. The molecule has 1 fully saturated rings. The molecular weight excluding hydrogens is 386 g/mol. The van der Waals surface area contributed by atoms with Crippen LogP contribution >= 0.6 is 12.4 Å². The molecule has 2 aromatic carbocycles. The van der Waals surface area contributed by atoms with Crippen LogP contribution in [0.5, 0.6) is 0 Å². The maximum Gasteiger partial charge on any atom is 0.226 e. The van der Waals surface area contributed by atoms with E-state index in [0.29, 0.717) is 12.3 Å². The number of carbonyl (C=O) groups is 1. The Hall–Kier alpha value is -2.44. The summed E-state index contributed by atoms with van der Waals surface area (Å²) in [6.07, 6.45) is 2.41. The van der Waals surface area contributed by atoms with Crippen molar-refractivity contribution >= 4 is 29.1 Å². The number of aromatic nitrogens is 3. The lowest BCUT2D eigenvalue weighted by Crippen LogP contribution is -2.39. The fraction of sp³-hybridized carbons (Fsp3) is 0.409. The molecule has 0 unspecified atom stereocenters. The molecular formula is C22H26ClN5O. The van der Waals surface area contributed by atoms with Crippen LogP contribution in [0.4, 0.5) is 0 Å². The molecule has 3 aromatic rings. The number of nitrogens with zero attached hydrogens (tertiary/aromatic N) is 4. The minimum atomic E-state index is 0. The summed E-state index contributed by atoms with van der Waals surface area (Å²) in [5.41, 5.74) is 1.09. The summed E-state index contributed by atoms with van der Waals surface area (Å²) < 4.78 is 2.27. The molecule has 0 aliphatic carbocycles. The first kappa shape index (κ1) is 19.9. The molecule has 29 heavy (non-hydrogen) atoms. The summed E-state index contributed by atoms with van der Waals surface area (Å²) in [4.78, 5) is 14.8. The Bertz CT molecular complexity index is 1010. The van der Waals surface area contributed by atoms with E-state index in [1.165, 1.54) is 10.8 Å². The van der Waals surface area contributed by atoms with Crippen LogP contribution in [0.15, 0.2) is 42.5 Å². The van der Waals surface area contributed by atoms with Gasteiger partial charge in [0.05, 0.1) is 13.0 Å². The molecule has 1 amide bonds. The number of rotatable bonds is 3. The van der Waals surface area contributed by atoms with Gasteiger partial charge in [0.2, 0.25) is 5.91 Å². The van der Waals surface area contributed by atoms with Crippen LogP contribution in [-0.2, 0) is 24.3 Å². The number of piperidine rings is 1. The number of halogens is 1. The smallest absolute Gasteiger partial charge is 0.226 e. The number of benzene rings is 2. The highest BCUT2D eigenvalue weighted by Gasteiger charge is 2.28. The predicted octanol–water partition coefficient (Wildman–Crippen LogP) is 2.91. The number of carbonyl (C=O) groups excluding carboxylic acids is 1. The van der Waals surface area contributed by atoms with Gasteiger partial charge in [-0.05, 0) is 29.2 Å². The topological polar surface area (TPSA) is 63.1 Å². The fourth-order valence-electron chi connectivity index (χ4n) is 4.44. The largest absolute Gasteiger partial charge is 0.342 e. The SMILES string of the molecule is Cl.O=C(Cc1ccc2ccccc2c1)N1CCC(c2nnc3n2CCNC3)CC1. The third-order valence-corrected chi connectivity index (χ3v) is 6.03. The molecule has 0 bridgehead atoms. The van der Waals surface area contributed by atoms with Crippen molar-refractivity contribution in [3.05, 3.63) is 59.7 Å². The standard InChI is InChI=1S/C22H25N5O.ClH/c28-21(14-16-5-6-17-3-1-2-4-19(17)13-16)26-10-7-18(8-11-26)22-25-24-20-15-23-9-12-27(20)22;/h1-6,13,18,23H,7-12,14-15H2;1H. The molecule has 3 heterocycles. The zero-order valence-corrected chi connectivity index (χ0v) is 17.2. The molecule has 1 saturated heterocycles. The van der Waals surface area contributed by atoms with Crippen LogP contribution < -0.4 is 5.32 Å². The van der Waals surface area contributed by atoms with Crippen molar-refractivity contribution < 1.29 is 4.79 Å². The molecule has 5 rings (SSSR count). The Morgan fingerprint density at radius 2 is 1.83 bits per heavy atom. The number of hydrogen-bond acceptors (Lipinski definition) is 4. The second-order valence-corrected chi connectivity index (χ2v) is 7.82. The van der Waals surface area contributed by atoms with Gasteiger partial charge in [0.25, 0.3) is 0 Å². The van der Waals surface area contributed by atoms with Crippen molar-refractivity contribution in [2.24, 2.45) is 0 Å². The Kier molecular flexibility index (Phi) is 5.83. The summed E-state index contributed by atoms with van der Waals surface area (Å²) in [5, 5.41) is 14.5. The Morgan fingerprint density at radius 3 is 2.66 bits per heavy atom. The predicted molar refractivity (Wildman–Crippen MR) is 115 cm³/mol. The van der Waals surface area contributed by atoms with Gasteiger partial charge in [-0.3, -0.25) is 4.79 Å². The lowest BCUT2D eigenvalue weighted by atomic mass is 9.95. The summed E-state index contributed by atoms with van der Waals surface area (Å²) >= 11 is 0. The second-order valence-electron chi connectivity index (χ2n) is 7.82. The van der Waals surface area contributed by atoms with Crippen LogP contribution in [0.1, 0.15) is 36.0 Å². The van der Waals surface area contributed by atoms with Crippen molar-refractivity contribution in [3.63, 3.8) is 0 Å². The van der Waals surface area contributed by atoms with E-state index in [1.807, 2.05) is 17.0 Å². The monoisotopic (exact) mass is 411 g/mol. The van der Waals surface area contributed by atoms with E-state index in [2.05, 4.69) is 50.4 Å². The van der Waals surface area contributed by atoms with Gasteiger partial charge in [-0.25, -0.2) is 0 Å². The summed E-state index contributed by atoms with van der Waals surface area (Å²) in [5.74, 6) is 2.78. The average molecular weight is 412 g/mol. The minimum Gasteiger partial charge on any atom is -0.342 e. The lowest BCUT2D eigenvalue weighted by molar-refractivity contribution is -0.131. The van der Waals surface area contributed by atoms with E-state index in [-0.39, 0.29) is 18.3 Å². The lowest BCUT2D eigenvalue weighted by Gasteiger charge is -2.32. The molecule has 2 aliphatic heterocycles. The van der Waals surface area contributed by atoms with Crippen LogP contribution in [0.25, 0.3) is 10.8 Å². The van der Waals surface area contributed by atoms with Gasteiger partial charge >= 0.3 is 0 Å². The van der Waals surface area contributed by atoms with E-state index in [0.717, 1.165) is 62.8 Å². The van der Waals surface area contributed by atoms with E-state index in [1.54, 1.807) is 0 Å². The molecule has 152 valence electrons. The molecule has 1 N–H and O–H groups in total. The zero-order valence-electron chi connectivity index (χ0n) is 16.4. The van der Waals surface area contributed by atoms with Gasteiger partial charge in [-0.1, -0.05) is 42.5 Å². The molecule has 0 saturated carbocycles. The Balaban J connectivity index is 0.00000205. The molecule has 1 aromatic heterocycles. The highest BCUT2D eigenvalue weighted by molar-refractivity contribution is 5.86. The van der Waals surface area contributed by atoms with Crippen molar-refractivity contribution in [3.8, 4) is 0 Å². The molecule has 0 spiro atoms. The fourth-order valence-corrected chi connectivity index (χ4v) is 4.44.